The Morgan fingerprint density at radius 3 is 2.81 bits per heavy atom. The van der Waals surface area contributed by atoms with E-state index in [1.54, 1.807) is 36.0 Å². The number of allylic oxidation sites excluding steroid dienone is 1. The zero-order valence-corrected chi connectivity index (χ0v) is 16.3. The second-order valence-corrected chi connectivity index (χ2v) is 7.29. The summed E-state index contributed by atoms with van der Waals surface area (Å²) in [5, 5.41) is 9.22. The molecule has 0 saturated carbocycles. The van der Waals surface area contributed by atoms with Crippen LogP contribution in [0, 0.1) is 5.82 Å². The number of nitrogens with zero attached hydrogens (tertiary/aromatic N) is 3. The normalized spacial score (nSPS) is 10.7. The summed E-state index contributed by atoms with van der Waals surface area (Å²) >= 11 is 5.06. The highest BCUT2D eigenvalue weighted by Gasteiger charge is 2.13. The average Bonchev–Trinajstić information content (AvgIpc) is 3.02. The Bertz CT molecular complexity index is 900. The monoisotopic (exact) mass is 433 g/mol. The molecule has 2 aromatic carbocycles. The molecular formula is C19H17BrFN3OS. The number of benzene rings is 2. The number of hydrogen-bond donors (Lipinski definition) is 0. The molecule has 0 aliphatic rings. The molecule has 0 aliphatic carbocycles. The number of rotatable bonds is 8. The van der Waals surface area contributed by atoms with Gasteiger partial charge in [0.1, 0.15) is 6.61 Å². The van der Waals surface area contributed by atoms with Crippen molar-refractivity contribution in [1.29, 1.82) is 0 Å². The van der Waals surface area contributed by atoms with E-state index >= 15 is 0 Å². The van der Waals surface area contributed by atoms with Crippen molar-refractivity contribution in [3.05, 3.63) is 82.9 Å². The molecule has 3 rings (SSSR count). The van der Waals surface area contributed by atoms with Crippen LogP contribution in [0.1, 0.15) is 11.4 Å². The zero-order valence-electron chi connectivity index (χ0n) is 13.9. The Morgan fingerprint density at radius 1 is 1.19 bits per heavy atom. The first kappa shape index (κ1) is 18.7. The molecule has 0 aliphatic heterocycles. The van der Waals surface area contributed by atoms with E-state index in [1.807, 2.05) is 16.7 Å². The van der Waals surface area contributed by atoms with E-state index in [0.717, 1.165) is 15.4 Å². The molecule has 0 atom stereocenters. The highest BCUT2D eigenvalue weighted by Crippen LogP contribution is 2.24. The van der Waals surface area contributed by atoms with E-state index in [1.165, 1.54) is 11.6 Å². The van der Waals surface area contributed by atoms with E-state index < -0.39 is 5.82 Å². The van der Waals surface area contributed by atoms with E-state index in [2.05, 4.69) is 44.8 Å². The van der Waals surface area contributed by atoms with Crippen molar-refractivity contribution in [3.63, 3.8) is 0 Å². The van der Waals surface area contributed by atoms with Gasteiger partial charge in [-0.2, -0.15) is 0 Å². The molecule has 0 saturated heterocycles. The summed E-state index contributed by atoms with van der Waals surface area (Å²) in [6.07, 6.45) is 1.78. The molecule has 0 bridgehead atoms. The van der Waals surface area contributed by atoms with E-state index in [0.29, 0.717) is 12.4 Å². The molecule has 0 unspecified atom stereocenters. The van der Waals surface area contributed by atoms with Gasteiger partial charge in [0.2, 0.25) is 0 Å². The SMILES string of the molecule is C=CCn1c(COc2ccccc2F)nnc1SCc1cccc(Br)c1. The molecule has 0 N–H and O–H groups in total. The minimum absolute atomic E-state index is 0.138. The third-order valence-corrected chi connectivity index (χ3v) is 5.09. The van der Waals surface area contributed by atoms with Gasteiger partial charge < -0.3 is 4.74 Å². The Labute approximate surface area is 164 Å². The smallest absolute Gasteiger partial charge is 0.191 e. The molecular weight excluding hydrogens is 417 g/mol. The molecule has 134 valence electrons. The van der Waals surface area contributed by atoms with Gasteiger partial charge in [0.05, 0.1) is 0 Å². The Morgan fingerprint density at radius 2 is 2.04 bits per heavy atom. The van der Waals surface area contributed by atoms with Crippen LogP contribution in [0.4, 0.5) is 4.39 Å². The van der Waals surface area contributed by atoms with Crippen LogP contribution in [0.15, 0.2) is 70.8 Å². The number of hydrogen-bond acceptors (Lipinski definition) is 4. The molecule has 1 aromatic heterocycles. The van der Waals surface area contributed by atoms with Crippen molar-refractivity contribution >= 4 is 27.7 Å². The van der Waals surface area contributed by atoms with Crippen LogP contribution in [0.3, 0.4) is 0 Å². The molecule has 0 radical (unpaired) electrons. The first-order valence-electron chi connectivity index (χ1n) is 7.95. The average molecular weight is 434 g/mol. The summed E-state index contributed by atoms with van der Waals surface area (Å²) in [7, 11) is 0. The van der Waals surface area contributed by atoms with Gasteiger partial charge in [0, 0.05) is 16.8 Å². The van der Waals surface area contributed by atoms with Crippen molar-refractivity contribution < 1.29 is 9.13 Å². The predicted molar refractivity (Wildman–Crippen MR) is 105 cm³/mol. The second-order valence-electron chi connectivity index (χ2n) is 5.44. The van der Waals surface area contributed by atoms with Crippen LogP contribution in [0.25, 0.3) is 0 Å². The lowest BCUT2D eigenvalue weighted by atomic mass is 10.2. The highest BCUT2D eigenvalue weighted by molar-refractivity contribution is 9.10. The summed E-state index contributed by atoms with van der Waals surface area (Å²) in [6, 6.07) is 14.4. The summed E-state index contributed by atoms with van der Waals surface area (Å²) < 4.78 is 22.2. The van der Waals surface area contributed by atoms with Gasteiger partial charge in [-0.1, -0.05) is 58.0 Å². The predicted octanol–water partition coefficient (Wildman–Crippen LogP) is 5.24. The third-order valence-electron chi connectivity index (χ3n) is 3.56. The molecule has 0 spiro atoms. The molecule has 7 heteroatoms. The minimum Gasteiger partial charge on any atom is -0.483 e. The fraction of sp³-hybridized carbons (Fsp3) is 0.158. The quantitative estimate of drug-likeness (QED) is 0.359. The number of thioether (sulfide) groups is 1. The van der Waals surface area contributed by atoms with Crippen LogP contribution in [-0.2, 0) is 18.9 Å². The van der Waals surface area contributed by atoms with Crippen molar-refractivity contribution in [2.75, 3.05) is 0 Å². The maximum Gasteiger partial charge on any atom is 0.191 e. The van der Waals surface area contributed by atoms with Crippen molar-refractivity contribution in [2.24, 2.45) is 0 Å². The largest absolute Gasteiger partial charge is 0.483 e. The van der Waals surface area contributed by atoms with Crippen LogP contribution >= 0.6 is 27.7 Å². The summed E-state index contributed by atoms with van der Waals surface area (Å²) in [6.45, 7) is 4.48. The standard InChI is InChI=1S/C19H17BrFN3OS/c1-2-10-24-18(12-25-17-9-4-3-8-16(17)21)22-23-19(24)26-13-14-6-5-7-15(20)11-14/h2-9,11H,1,10,12-13H2. The van der Waals surface area contributed by atoms with Crippen LogP contribution < -0.4 is 4.74 Å². The second kappa shape index (κ2) is 9.00. The van der Waals surface area contributed by atoms with Crippen molar-refractivity contribution in [2.45, 2.75) is 24.1 Å². The highest BCUT2D eigenvalue weighted by atomic mass is 79.9. The number of para-hydroxylation sites is 1. The third kappa shape index (κ3) is 4.74. The fourth-order valence-electron chi connectivity index (χ4n) is 2.32. The van der Waals surface area contributed by atoms with Gasteiger partial charge in [-0.05, 0) is 29.8 Å². The van der Waals surface area contributed by atoms with E-state index in [4.69, 9.17) is 4.74 Å². The first-order chi connectivity index (χ1) is 12.7. The fourth-order valence-corrected chi connectivity index (χ4v) is 3.68. The minimum atomic E-state index is -0.397. The summed E-state index contributed by atoms with van der Waals surface area (Å²) in [4.78, 5) is 0. The first-order valence-corrected chi connectivity index (χ1v) is 9.73. The lowest BCUT2D eigenvalue weighted by Crippen LogP contribution is -2.08. The van der Waals surface area contributed by atoms with Crippen LogP contribution in [0.2, 0.25) is 0 Å². The van der Waals surface area contributed by atoms with Crippen LogP contribution in [0.5, 0.6) is 5.75 Å². The Kier molecular flexibility index (Phi) is 6.46. The number of ether oxygens (including phenoxy) is 1. The maximum absolute atomic E-state index is 13.7. The molecule has 0 fully saturated rings. The van der Waals surface area contributed by atoms with Gasteiger partial charge in [-0.3, -0.25) is 4.57 Å². The molecule has 4 nitrogen and oxygen atoms in total. The Hall–Kier alpha value is -2.12. The molecule has 26 heavy (non-hydrogen) atoms. The van der Waals surface area contributed by atoms with Crippen LogP contribution in [-0.4, -0.2) is 14.8 Å². The molecule has 1 heterocycles. The lowest BCUT2D eigenvalue weighted by molar-refractivity contribution is 0.275. The topological polar surface area (TPSA) is 39.9 Å². The van der Waals surface area contributed by atoms with E-state index in [9.17, 15) is 4.39 Å². The molecule has 3 aromatic rings. The lowest BCUT2D eigenvalue weighted by Gasteiger charge is -2.09. The van der Waals surface area contributed by atoms with E-state index in [-0.39, 0.29) is 12.4 Å². The summed E-state index contributed by atoms with van der Waals surface area (Å²) in [5.74, 6) is 1.20. The van der Waals surface area contributed by atoms with Gasteiger partial charge in [0.15, 0.2) is 22.5 Å². The number of halogens is 2. The van der Waals surface area contributed by atoms with Gasteiger partial charge in [0.25, 0.3) is 0 Å². The number of aromatic nitrogens is 3. The van der Waals surface area contributed by atoms with Gasteiger partial charge >= 0.3 is 0 Å². The zero-order chi connectivity index (χ0) is 18.4. The van der Waals surface area contributed by atoms with Crippen molar-refractivity contribution in [1.82, 2.24) is 14.8 Å². The van der Waals surface area contributed by atoms with Gasteiger partial charge in [-0.15, -0.1) is 16.8 Å². The maximum atomic E-state index is 13.7. The summed E-state index contributed by atoms with van der Waals surface area (Å²) in [5.41, 5.74) is 1.18. The molecule has 0 amide bonds. The van der Waals surface area contributed by atoms with Crippen molar-refractivity contribution in [3.8, 4) is 5.75 Å². The van der Waals surface area contributed by atoms with Gasteiger partial charge in [-0.25, -0.2) is 4.39 Å². The Balaban J connectivity index is 1.71.